The number of rotatable bonds is 3. The minimum atomic E-state index is -3.21. The molecule has 2 saturated heterocycles. The predicted molar refractivity (Wildman–Crippen MR) is 86.5 cm³/mol. The van der Waals surface area contributed by atoms with Crippen molar-refractivity contribution in [2.75, 3.05) is 35.0 Å². The molecule has 1 unspecified atom stereocenters. The number of hydrogen-bond donors (Lipinski definition) is 2. The molecule has 1 aromatic rings. The Morgan fingerprint density at radius 3 is 2.86 bits per heavy atom. The molecular formula is C15H21N3O3S. The van der Waals surface area contributed by atoms with E-state index in [0.717, 1.165) is 18.5 Å². The molecule has 3 rings (SSSR count). The van der Waals surface area contributed by atoms with Gasteiger partial charge in [0.25, 0.3) is 0 Å². The number of anilines is 2. The lowest BCUT2D eigenvalue weighted by Gasteiger charge is -2.20. The molecule has 0 aromatic heterocycles. The van der Waals surface area contributed by atoms with Gasteiger partial charge in [0.15, 0.2) is 0 Å². The maximum Gasteiger partial charge on any atom is 0.235 e. The van der Waals surface area contributed by atoms with Crippen molar-refractivity contribution in [3.63, 3.8) is 0 Å². The average Bonchev–Trinajstić information content (AvgIpc) is 3.10. The van der Waals surface area contributed by atoms with Gasteiger partial charge in [-0.1, -0.05) is 6.07 Å². The number of nitrogens with zero attached hydrogens (tertiary/aromatic N) is 1. The lowest BCUT2D eigenvalue weighted by molar-refractivity contribution is -0.119. The molecule has 0 saturated carbocycles. The highest BCUT2D eigenvalue weighted by atomic mass is 32.2. The first-order valence-corrected chi connectivity index (χ1v) is 9.21. The van der Waals surface area contributed by atoms with E-state index in [0.29, 0.717) is 30.9 Å². The zero-order chi connectivity index (χ0) is 15.7. The third-order valence-corrected chi connectivity index (χ3v) is 6.13. The van der Waals surface area contributed by atoms with Gasteiger partial charge in [0, 0.05) is 18.8 Å². The smallest absolute Gasteiger partial charge is 0.235 e. The predicted octanol–water partition coefficient (Wildman–Crippen LogP) is 1.08. The second-order valence-corrected chi connectivity index (χ2v) is 7.93. The zero-order valence-corrected chi connectivity index (χ0v) is 13.4. The molecule has 0 spiro atoms. The van der Waals surface area contributed by atoms with Crippen molar-refractivity contribution in [3.8, 4) is 0 Å². The van der Waals surface area contributed by atoms with Crippen LogP contribution in [0.1, 0.15) is 18.4 Å². The van der Waals surface area contributed by atoms with Gasteiger partial charge in [0.1, 0.15) is 0 Å². The molecule has 120 valence electrons. The van der Waals surface area contributed by atoms with Gasteiger partial charge < -0.3 is 10.6 Å². The van der Waals surface area contributed by atoms with E-state index < -0.39 is 10.0 Å². The molecule has 2 N–H and O–H groups in total. The van der Waals surface area contributed by atoms with E-state index in [1.54, 1.807) is 6.07 Å². The molecule has 1 atom stereocenters. The molecule has 7 heteroatoms. The third kappa shape index (κ3) is 2.96. The summed E-state index contributed by atoms with van der Waals surface area (Å²) < 4.78 is 25.6. The first-order valence-electron chi connectivity index (χ1n) is 7.60. The molecular weight excluding hydrogens is 302 g/mol. The molecule has 0 radical (unpaired) electrons. The lowest BCUT2D eigenvalue weighted by atomic mass is 10.1. The van der Waals surface area contributed by atoms with Crippen molar-refractivity contribution in [2.45, 2.75) is 19.8 Å². The third-order valence-electron chi connectivity index (χ3n) is 4.28. The molecule has 0 aliphatic carbocycles. The molecule has 2 heterocycles. The van der Waals surface area contributed by atoms with Crippen LogP contribution in [0.3, 0.4) is 0 Å². The van der Waals surface area contributed by atoms with Crippen molar-refractivity contribution < 1.29 is 13.2 Å². The van der Waals surface area contributed by atoms with Gasteiger partial charge in [-0.15, -0.1) is 0 Å². The van der Waals surface area contributed by atoms with Gasteiger partial charge in [-0.05, 0) is 44.0 Å². The number of carbonyl (C=O) groups excluding carboxylic acids is 1. The van der Waals surface area contributed by atoms with Crippen LogP contribution in [0.25, 0.3) is 0 Å². The highest BCUT2D eigenvalue weighted by molar-refractivity contribution is 7.93. The first kappa shape index (κ1) is 15.3. The number of benzene rings is 1. The number of carbonyl (C=O) groups is 1. The Balaban J connectivity index is 1.82. The van der Waals surface area contributed by atoms with Crippen LogP contribution < -0.4 is 14.9 Å². The first-order chi connectivity index (χ1) is 10.5. The summed E-state index contributed by atoms with van der Waals surface area (Å²) in [5.74, 6) is 0.167. The second kappa shape index (κ2) is 5.89. The molecule has 1 aromatic carbocycles. The largest absolute Gasteiger partial charge is 0.326 e. The van der Waals surface area contributed by atoms with Crippen LogP contribution in [0.15, 0.2) is 18.2 Å². The van der Waals surface area contributed by atoms with Crippen molar-refractivity contribution >= 4 is 27.3 Å². The second-order valence-electron chi connectivity index (χ2n) is 5.92. The van der Waals surface area contributed by atoms with Crippen molar-refractivity contribution in [1.82, 2.24) is 5.32 Å². The number of aryl methyl sites for hydroxylation is 1. The summed E-state index contributed by atoms with van der Waals surface area (Å²) in [6.45, 7) is 3.96. The molecule has 2 aliphatic heterocycles. The van der Waals surface area contributed by atoms with Crippen molar-refractivity contribution in [2.24, 2.45) is 5.92 Å². The van der Waals surface area contributed by atoms with E-state index in [4.69, 9.17) is 0 Å². The molecule has 1 amide bonds. The fourth-order valence-corrected chi connectivity index (χ4v) is 4.61. The van der Waals surface area contributed by atoms with Crippen LogP contribution >= 0.6 is 0 Å². The summed E-state index contributed by atoms with van der Waals surface area (Å²) in [6.07, 6.45) is 1.48. The van der Waals surface area contributed by atoms with E-state index >= 15 is 0 Å². The molecule has 2 fully saturated rings. The van der Waals surface area contributed by atoms with Crippen LogP contribution in [0.2, 0.25) is 0 Å². The summed E-state index contributed by atoms with van der Waals surface area (Å²) >= 11 is 0. The minimum absolute atomic E-state index is 0.0101. The SMILES string of the molecule is Cc1ccc(NC(=O)C2CCNC2)cc1N1CCCS1(=O)=O. The molecule has 0 bridgehead atoms. The highest BCUT2D eigenvalue weighted by Gasteiger charge is 2.30. The van der Waals surface area contributed by atoms with E-state index in [1.165, 1.54) is 4.31 Å². The van der Waals surface area contributed by atoms with E-state index in [2.05, 4.69) is 10.6 Å². The van der Waals surface area contributed by atoms with Gasteiger partial charge in [-0.2, -0.15) is 0 Å². The number of sulfonamides is 1. The van der Waals surface area contributed by atoms with E-state index in [-0.39, 0.29) is 17.6 Å². The summed E-state index contributed by atoms with van der Waals surface area (Å²) in [5.41, 5.74) is 2.21. The highest BCUT2D eigenvalue weighted by Crippen LogP contribution is 2.30. The van der Waals surface area contributed by atoms with Gasteiger partial charge in [-0.25, -0.2) is 8.42 Å². The Morgan fingerprint density at radius 2 is 2.23 bits per heavy atom. The van der Waals surface area contributed by atoms with Crippen LogP contribution in [-0.2, 0) is 14.8 Å². The van der Waals surface area contributed by atoms with Gasteiger partial charge >= 0.3 is 0 Å². The Kier molecular flexibility index (Phi) is 4.10. The Hall–Kier alpha value is -1.60. The summed E-state index contributed by atoms with van der Waals surface area (Å²) in [6, 6.07) is 5.44. The fraction of sp³-hybridized carbons (Fsp3) is 0.533. The van der Waals surface area contributed by atoms with Gasteiger partial charge in [0.05, 0.1) is 17.4 Å². The molecule has 2 aliphatic rings. The van der Waals surface area contributed by atoms with Crippen molar-refractivity contribution in [1.29, 1.82) is 0 Å². The van der Waals surface area contributed by atoms with Crippen LogP contribution in [-0.4, -0.2) is 39.7 Å². The molecule has 6 nitrogen and oxygen atoms in total. The minimum Gasteiger partial charge on any atom is -0.326 e. The summed E-state index contributed by atoms with van der Waals surface area (Å²) in [4.78, 5) is 12.2. The number of nitrogens with one attached hydrogen (secondary N) is 2. The number of amides is 1. The average molecular weight is 323 g/mol. The zero-order valence-electron chi connectivity index (χ0n) is 12.6. The Labute approximate surface area is 130 Å². The van der Waals surface area contributed by atoms with Gasteiger partial charge in [-0.3, -0.25) is 9.10 Å². The maximum atomic E-state index is 12.2. The van der Waals surface area contributed by atoms with Gasteiger partial charge in [0.2, 0.25) is 15.9 Å². The quantitative estimate of drug-likeness (QED) is 0.872. The van der Waals surface area contributed by atoms with Crippen LogP contribution in [0.4, 0.5) is 11.4 Å². The van der Waals surface area contributed by atoms with Crippen LogP contribution in [0, 0.1) is 12.8 Å². The lowest BCUT2D eigenvalue weighted by Crippen LogP contribution is -2.27. The topological polar surface area (TPSA) is 78.5 Å². The van der Waals surface area contributed by atoms with Crippen molar-refractivity contribution in [3.05, 3.63) is 23.8 Å². The number of hydrogen-bond acceptors (Lipinski definition) is 4. The normalized spacial score (nSPS) is 23.7. The Morgan fingerprint density at radius 1 is 1.41 bits per heavy atom. The summed E-state index contributed by atoms with van der Waals surface area (Å²) in [7, 11) is -3.21. The Bertz CT molecular complexity index is 681. The monoisotopic (exact) mass is 323 g/mol. The van der Waals surface area contributed by atoms with Crippen LogP contribution in [0.5, 0.6) is 0 Å². The van der Waals surface area contributed by atoms with E-state index in [9.17, 15) is 13.2 Å². The summed E-state index contributed by atoms with van der Waals surface area (Å²) in [5, 5.41) is 6.07. The maximum absolute atomic E-state index is 12.2. The fourth-order valence-electron chi connectivity index (χ4n) is 2.99. The van der Waals surface area contributed by atoms with E-state index in [1.807, 2.05) is 19.1 Å². The molecule has 22 heavy (non-hydrogen) atoms. The standard InChI is InChI=1S/C15H21N3O3S/c1-11-3-4-13(17-15(19)12-5-6-16-10-12)9-14(11)18-7-2-8-22(18,20)21/h3-4,9,12,16H,2,5-8,10H2,1H3,(H,17,19).